The fourth-order valence-electron chi connectivity index (χ4n) is 1.60. The van der Waals surface area contributed by atoms with E-state index in [1.165, 1.54) is 30.5 Å². The molecule has 0 bridgehead atoms. The van der Waals surface area contributed by atoms with E-state index in [1.807, 2.05) is 0 Å². The van der Waals surface area contributed by atoms with Gasteiger partial charge < -0.3 is 5.11 Å². The smallest absolute Gasteiger partial charge is 0.335 e. The molecule has 2 rings (SSSR count). The molecule has 0 saturated carbocycles. The fraction of sp³-hybridized carbons (Fsp3) is 0.0769. The van der Waals surface area contributed by atoms with Gasteiger partial charge in [0.2, 0.25) is 0 Å². The first kappa shape index (κ1) is 15.5. The molecule has 0 aliphatic carbocycles. The van der Waals surface area contributed by atoms with Gasteiger partial charge in [-0.05, 0) is 58.7 Å². The summed E-state index contributed by atoms with van der Waals surface area (Å²) in [6.45, 7) is 1.79. The van der Waals surface area contributed by atoms with Gasteiger partial charge in [0, 0.05) is 0 Å². The van der Waals surface area contributed by atoms with Gasteiger partial charge in [0.25, 0.3) is 10.0 Å². The number of nitrogens with zero attached hydrogens (tertiary/aromatic N) is 1. The number of hydrogen-bond acceptors (Lipinski definition) is 4. The fourth-order valence-corrected chi connectivity index (χ4v) is 2.86. The number of halogens is 1. The molecule has 1 aromatic carbocycles. The van der Waals surface area contributed by atoms with E-state index in [0.717, 1.165) is 5.56 Å². The molecule has 8 heteroatoms. The highest BCUT2D eigenvalue weighted by molar-refractivity contribution is 9.10. The third kappa shape index (κ3) is 3.59. The second kappa shape index (κ2) is 5.82. The first-order chi connectivity index (χ1) is 9.79. The number of hydrogen-bond donors (Lipinski definition) is 2. The van der Waals surface area contributed by atoms with Crippen molar-refractivity contribution in [1.29, 1.82) is 0 Å². The van der Waals surface area contributed by atoms with Gasteiger partial charge in [-0.1, -0.05) is 0 Å². The van der Waals surface area contributed by atoms with Crippen LogP contribution in [0.25, 0.3) is 0 Å². The van der Waals surface area contributed by atoms with Crippen molar-refractivity contribution in [2.75, 3.05) is 4.72 Å². The summed E-state index contributed by atoms with van der Waals surface area (Å²) in [6, 6.07) is 6.60. The van der Waals surface area contributed by atoms with E-state index in [4.69, 9.17) is 5.11 Å². The van der Waals surface area contributed by atoms with Crippen molar-refractivity contribution >= 4 is 37.6 Å². The Hall–Kier alpha value is -1.93. The standard InChI is InChI=1S/C13H11BrN2O4S/c1-8-6-10(7-15-12(8)14)16-21(19,20)11-4-2-9(3-5-11)13(17)18/h2-7,16H,1H3,(H,17,18). The Balaban J connectivity index is 2.29. The molecule has 0 aliphatic rings. The first-order valence-electron chi connectivity index (χ1n) is 5.78. The van der Waals surface area contributed by atoms with Crippen LogP contribution in [-0.2, 0) is 10.0 Å². The van der Waals surface area contributed by atoms with E-state index in [0.29, 0.717) is 10.3 Å². The minimum absolute atomic E-state index is 0.0203. The molecule has 0 aliphatic heterocycles. The molecular weight excluding hydrogens is 360 g/mol. The number of anilines is 1. The lowest BCUT2D eigenvalue weighted by molar-refractivity contribution is 0.0696. The molecule has 2 aromatic rings. The van der Waals surface area contributed by atoms with Gasteiger partial charge in [0.1, 0.15) is 4.60 Å². The molecule has 21 heavy (non-hydrogen) atoms. The van der Waals surface area contributed by atoms with Crippen LogP contribution in [0.2, 0.25) is 0 Å². The largest absolute Gasteiger partial charge is 0.478 e. The predicted molar refractivity (Wildman–Crippen MR) is 80.9 cm³/mol. The summed E-state index contributed by atoms with van der Waals surface area (Å²) in [6.07, 6.45) is 1.39. The molecule has 1 heterocycles. The zero-order chi connectivity index (χ0) is 15.6. The zero-order valence-corrected chi connectivity index (χ0v) is 13.3. The number of pyridine rings is 1. The molecule has 0 atom stereocenters. The number of aromatic carboxylic acids is 1. The Labute approximate surface area is 130 Å². The molecular formula is C13H11BrN2O4S. The van der Waals surface area contributed by atoms with E-state index in [2.05, 4.69) is 25.6 Å². The van der Waals surface area contributed by atoms with Crippen molar-refractivity contribution in [2.24, 2.45) is 0 Å². The molecule has 0 fully saturated rings. The topological polar surface area (TPSA) is 96.4 Å². The molecule has 1 aromatic heterocycles. The number of nitrogens with one attached hydrogen (secondary N) is 1. The average Bonchev–Trinajstić information content (AvgIpc) is 2.43. The number of carboxylic acid groups (broad SMARTS) is 1. The van der Waals surface area contributed by atoms with Crippen LogP contribution < -0.4 is 4.72 Å². The van der Waals surface area contributed by atoms with Crippen LogP contribution in [0.5, 0.6) is 0 Å². The van der Waals surface area contributed by atoms with Crippen LogP contribution in [0.3, 0.4) is 0 Å². The first-order valence-corrected chi connectivity index (χ1v) is 8.05. The summed E-state index contributed by atoms with van der Waals surface area (Å²) in [5.74, 6) is -1.11. The van der Waals surface area contributed by atoms with Crippen molar-refractivity contribution in [1.82, 2.24) is 4.98 Å². The van der Waals surface area contributed by atoms with Crippen molar-refractivity contribution in [3.05, 3.63) is 52.3 Å². The minimum Gasteiger partial charge on any atom is -0.478 e. The quantitative estimate of drug-likeness (QED) is 0.806. The van der Waals surface area contributed by atoms with Crippen molar-refractivity contribution in [3.8, 4) is 0 Å². The normalized spacial score (nSPS) is 11.1. The van der Waals surface area contributed by atoms with Crippen LogP contribution in [0.1, 0.15) is 15.9 Å². The summed E-state index contributed by atoms with van der Waals surface area (Å²) < 4.78 is 27.4. The molecule has 0 unspecified atom stereocenters. The van der Waals surface area contributed by atoms with E-state index in [9.17, 15) is 13.2 Å². The van der Waals surface area contributed by atoms with Crippen molar-refractivity contribution in [3.63, 3.8) is 0 Å². The highest BCUT2D eigenvalue weighted by Crippen LogP contribution is 2.20. The Kier molecular flexibility index (Phi) is 4.29. The maximum absolute atomic E-state index is 12.2. The number of aromatic nitrogens is 1. The van der Waals surface area contributed by atoms with Gasteiger partial charge in [0.05, 0.1) is 22.3 Å². The Bertz CT molecular complexity index is 788. The maximum atomic E-state index is 12.2. The van der Waals surface area contributed by atoms with Gasteiger partial charge in [0.15, 0.2) is 0 Å². The van der Waals surface area contributed by atoms with E-state index in [1.54, 1.807) is 13.0 Å². The number of carboxylic acids is 1. The summed E-state index contributed by atoms with van der Waals surface area (Å²) >= 11 is 3.23. The van der Waals surface area contributed by atoms with Crippen molar-refractivity contribution in [2.45, 2.75) is 11.8 Å². The van der Waals surface area contributed by atoms with Crippen molar-refractivity contribution < 1.29 is 18.3 Å². The number of sulfonamides is 1. The van der Waals surface area contributed by atoms with E-state index < -0.39 is 16.0 Å². The average molecular weight is 371 g/mol. The number of aryl methyl sites for hydroxylation is 1. The van der Waals surface area contributed by atoms with Gasteiger partial charge >= 0.3 is 5.97 Å². The van der Waals surface area contributed by atoms with Crippen LogP contribution in [-0.4, -0.2) is 24.5 Å². The van der Waals surface area contributed by atoms with Crippen LogP contribution in [0, 0.1) is 6.92 Å². The Morgan fingerprint density at radius 1 is 1.29 bits per heavy atom. The molecule has 0 radical (unpaired) electrons. The maximum Gasteiger partial charge on any atom is 0.335 e. The summed E-state index contributed by atoms with van der Waals surface area (Å²) in [5, 5.41) is 8.79. The van der Waals surface area contributed by atoms with Gasteiger partial charge in [-0.15, -0.1) is 0 Å². The number of rotatable bonds is 4. The van der Waals surface area contributed by atoms with E-state index in [-0.39, 0.29) is 10.5 Å². The van der Waals surface area contributed by atoms with E-state index >= 15 is 0 Å². The van der Waals surface area contributed by atoms with Crippen LogP contribution in [0.15, 0.2) is 46.0 Å². The summed E-state index contributed by atoms with van der Waals surface area (Å²) in [5.41, 5.74) is 1.14. The predicted octanol–water partition coefficient (Wildman–Crippen LogP) is 2.65. The van der Waals surface area contributed by atoms with Crippen LogP contribution >= 0.6 is 15.9 Å². The van der Waals surface area contributed by atoms with Crippen LogP contribution in [0.4, 0.5) is 5.69 Å². The summed E-state index contributed by atoms with van der Waals surface area (Å²) in [7, 11) is -3.78. The van der Waals surface area contributed by atoms with Gasteiger partial charge in [-0.25, -0.2) is 18.2 Å². The Morgan fingerprint density at radius 2 is 1.90 bits per heavy atom. The molecule has 110 valence electrons. The minimum atomic E-state index is -3.78. The molecule has 6 nitrogen and oxygen atoms in total. The molecule has 0 spiro atoms. The lowest BCUT2D eigenvalue weighted by Gasteiger charge is -2.09. The third-order valence-corrected chi connectivity index (χ3v) is 4.91. The lowest BCUT2D eigenvalue weighted by Crippen LogP contribution is -2.13. The third-order valence-electron chi connectivity index (χ3n) is 2.68. The monoisotopic (exact) mass is 370 g/mol. The lowest BCUT2D eigenvalue weighted by atomic mass is 10.2. The summed E-state index contributed by atoms with van der Waals surface area (Å²) in [4.78, 5) is 14.7. The SMILES string of the molecule is Cc1cc(NS(=O)(=O)c2ccc(C(=O)O)cc2)cnc1Br. The molecule has 0 saturated heterocycles. The molecule has 0 amide bonds. The van der Waals surface area contributed by atoms with Gasteiger partial charge in [-0.2, -0.15) is 0 Å². The number of carbonyl (C=O) groups is 1. The second-order valence-electron chi connectivity index (χ2n) is 4.27. The highest BCUT2D eigenvalue weighted by atomic mass is 79.9. The zero-order valence-electron chi connectivity index (χ0n) is 10.9. The highest BCUT2D eigenvalue weighted by Gasteiger charge is 2.15. The van der Waals surface area contributed by atoms with Gasteiger partial charge in [-0.3, -0.25) is 4.72 Å². The molecule has 2 N–H and O–H groups in total. The Morgan fingerprint density at radius 3 is 2.43 bits per heavy atom. The second-order valence-corrected chi connectivity index (χ2v) is 6.70. The number of benzene rings is 1.